The number of hydrogen-bond donors (Lipinski definition) is 4. The number of anilines is 1. The van der Waals surface area contributed by atoms with Crippen molar-refractivity contribution in [3.05, 3.63) is 39.7 Å². The Balaban J connectivity index is 1.31. The molecule has 3 aromatic rings. The predicted octanol–water partition coefficient (Wildman–Crippen LogP) is -1.71. The van der Waals surface area contributed by atoms with Crippen molar-refractivity contribution in [2.45, 2.75) is 23.0 Å². The molecule has 1 saturated heterocycles. The van der Waals surface area contributed by atoms with Gasteiger partial charge < -0.3 is 26.1 Å². The van der Waals surface area contributed by atoms with Gasteiger partial charge in [0, 0.05) is 23.0 Å². The summed E-state index contributed by atoms with van der Waals surface area (Å²) in [6.45, 7) is -0.625. The third-order valence-electron chi connectivity index (χ3n) is 5.68. The van der Waals surface area contributed by atoms with Gasteiger partial charge >= 0.3 is 17.6 Å². The number of nitrogens with two attached hydrogens (primary N) is 1. The second kappa shape index (κ2) is 11.2. The van der Waals surface area contributed by atoms with E-state index in [1.54, 1.807) is 6.07 Å². The first-order valence-corrected chi connectivity index (χ1v) is 14.1. The topological polar surface area (TPSA) is 250 Å². The zero-order valence-electron chi connectivity index (χ0n) is 20.7. The molecule has 2 atom stereocenters. The van der Waals surface area contributed by atoms with Crippen molar-refractivity contribution in [2.24, 2.45) is 5.16 Å². The molecular formula is C20H18N10O8S3. The summed E-state index contributed by atoms with van der Waals surface area (Å²) in [6.07, 6.45) is 0. The maximum absolute atomic E-state index is 13.0. The summed E-state index contributed by atoms with van der Waals surface area (Å²) in [5.74, 6) is -3.71. The van der Waals surface area contributed by atoms with Crippen LogP contribution in [0.5, 0.6) is 0 Å². The molecule has 2 amide bonds. The van der Waals surface area contributed by atoms with E-state index in [4.69, 9.17) is 15.7 Å². The molecule has 1 unspecified atom stereocenters. The van der Waals surface area contributed by atoms with Gasteiger partial charge in [-0.1, -0.05) is 5.16 Å². The molecule has 0 bridgehead atoms. The first-order valence-electron chi connectivity index (χ1n) is 11.3. The molecule has 2 aliphatic rings. The number of rotatable bonds is 10. The molecule has 0 aliphatic carbocycles. The summed E-state index contributed by atoms with van der Waals surface area (Å²) in [4.78, 5) is 71.1. The van der Waals surface area contributed by atoms with Crippen LogP contribution in [-0.4, -0.2) is 103 Å². The maximum atomic E-state index is 13.0. The molecule has 2 aliphatic heterocycles. The number of carboxylic acids is 2. The first kappa shape index (κ1) is 28.0. The highest BCUT2D eigenvalue weighted by Crippen LogP contribution is 2.41. The minimum absolute atomic E-state index is 0.0829. The number of carbonyl (C=O) groups is 4. The van der Waals surface area contributed by atoms with Gasteiger partial charge in [-0.05, 0) is 17.7 Å². The van der Waals surface area contributed by atoms with Gasteiger partial charge in [0.2, 0.25) is 11.5 Å². The number of hydrogen-bond acceptors (Lipinski definition) is 15. The van der Waals surface area contributed by atoms with Crippen LogP contribution in [0.3, 0.4) is 0 Å². The highest BCUT2D eigenvalue weighted by Gasteiger charge is 2.54. The van der Waals surface area contributed by atoms with Crippen LogP contribution < -0.4 is 16.7 Å². The lowest BCUT2D eigenvalue weighted by atomic mass is 10.0. The van der Waals surface area contributed by atoms with E-state index < -0.39 is 47.4 Å². The number of β-lactam (4-membered cyclic amide) rings is 1. The summed E-state index contributed by atoms with van der Waals surface area (Å²) in [6, 6.07) is 2.00. The second-order valence-electron chi connectivity index (χ2n) is 8.26. The molecule has 5 heterocycles. The molecule has 5 N–H and O–H groups in total. The number of oxime groups is 1. The van der Waals surface area contributed by atoms with Gasteiger partial charge in [-0.15, -0.1) is 28.6 Å². The number of nitrogen functional groups attached to an aromatic ring is 1. The number of carboxylic acid groups (broad SMARTS) is 2. The average Bonchev–Trinajstić information content (AvgIpc) is 3.50. The first-order chi connectivity index (χ1) is 19.6. The van der Waals surface area contributed by atoms with E-state index in [1.807, 2.05) is 0 Å². The Hall–Kier alpha value is -4.50. The molecule has 1 fully saturated rings. The standard InChI is InChI=1S/C20H18N10O8S3/c1-38-26-11(14-23-19(21)41-27-14)15(33)22-12-16(34)29-13(18(35)36)7(6-40-17(12)29)5-39-9-3-2-8-24-28(4-10(31)32)20(37)30(8)25-9/h2-3,12,17H,4-6H2,1H3,(H,22,33)(H,31,32)(H,35,36)(H2,21,23,27)/t12?,17-/m1/s1. The van der Waals surface area contributed by atoms with Crippen LogP contribution >= 0.6 is 35.1 Å². The third-order valence-corrected chi connectivity index (χ3v) is 8.57. The number of nitrogens with one attached hydrogen (secondary N) is 1. The highest BCUT2D eigenvalue weighted by molar-refractivity contribution is 8.01. The molecule has 214 valence electrons. The van der Waals surface area contributed by atoms with E-state index in [2.05, 4.69) is 30.0 Å². The Morgan fingerprint density at radius 2 is 2.05 bits per heavy atom. The fraction of sp³-hybridized carbons (Fsp3) is 0.300. The van der Waals surface area contributed by atoms with Crippen molar-refractivity contribution in [1.29, 1.82) is 0 Å². The molecule has 0 spiro atoms. The van der Waals surface area contributed by atoms with Gasteiger partial charge in [0.25, 0.3) is 11.8 Å². The van der Waals surface area contributed by atoms with Crippen molar-refractivity contribution in [3.63, 3.8) is 0 Å². The fourth-order valence-electron chi connectivity index (χ4n) is 3.97. The lowest BCUT2D eigenvalue weighted by Gasteiger charge is -2.49. The number of aliphatic carboxylic acids is 2. The van der Waals surface area contributed by atoms with Crippen molar-refractivity contribution < 1.29 is 34.2 Å². The highest BCUT2D eigenvalue weighted by atomic mass is 32.2. The van der Waals surface area contributed by atoms with Crippen LogP contribution in [-0.2, 0) is 30.6 Å². The van der Waals surface area contributed by atoms with Crippen molar-refractivity contribution >= 4 is 75.3 Å². The van der Waals surface area contributed by atoms with Crippen LogP contribution in [0.2, 0.25) is 0 Å². The van der Waals surface area contributed by atoms with E-state index in [-0.39, 0.29) is 39.5 Å². The van der Waals surface area contributed by atoms with Gasteiger partial charge in [0.15, 0.2) is 10.8 Å². The Morgan fingerprint density at radius 1 is 1.27 bits per heavy atom. The Labute approximate surface area is 240 Å². The molecule has 5 rings (SSSR count). The number of carbonyl (C=O) groups excluding carboxylic acids is 2. The van der Waals surface area contributed by atoms with Crippen LogP contribution in [0.4, 0.5) is 5.13 Å². The smallest absolute Gasteiger partial charge is 0.367 e. The average molecular weight is 623 g/mol. The number of thioether (sulfide) groups is 2. The van der Waals surface area contributed by atoms with Gasteiger partial charge in [-0.2, -0.15) is 23.7 Å². The molecule has 0 radical (unpaired) electrons. The van der Waals surface area contributed by atoms with Gasteiger partial charge in [-0.3, -0.25) is 19.3 Å². The lowest BCUT2D eigenvalue weighted by molar-refractivity contribution is -0.150. The van der Waals surface area contributed by atoms with Gasteiger partial charge in [0.1, 0.15) is 35.8 Å². The molecule has 41 heavy (non-hydrogen) atoms. The Bertz CT molecular complexity index is 1710. The van der Waals surface area contributed by atoms with Crippen LogP contribution in [0.25, 0.3) is 5.65 Å². The monoisotopic (exact) mass is 622 g/mol. The second-order valence-corrected chi connectivity index (χ2v) is 11.1. The van der Waals surface area contributed by atoms with E-state index in [9.17, 15) is 29.1 Å². The van der Waals surface area contributed by atoms with Crippen LogP contribution in [0, 0.1) is 0 Å². The van der Waals surface area contributed by atoms with Gasteiger partial charge in [0.05, 0.1) is 0 Å². The summed E-state index contributed by atoms with van der Waals surface area (Å²) < 4.78 is 5.64. The number of aromatic nitrogens is 6. The van der Waals surface area contributed by atoms with Crippen LogP contribution in [0.15, 0.2) is 38.4 Å². The molecule has 3 aromatic heterocycles. The summed E-state index contributed by atoms with van der Waals surface area (Å²) in [5.41, 5.74) is 4.92. The van der Waals surface area contributed by atoms with Gasteiger partial charge in [-0.25, -0.2) is 9.59 Å². The minimum atomic E-state index is -1.32. The largest absolute Gasteiger partial charge is 0.480 e. The number of amides is 2. The minimum Gasteiger partial charge on any atom is -0.480 e. The quantitative estimate of drug-likeness (QED) is 0.0850. The summed E-state index contributed by atoms with van der Waals surface area (Å²) in [7, 11) is 1.22. The van der Waals surface area contributed by atoms with Crippen molar-refractivity contribution in [1.82, 2.24) is 39.0 Å². The molecule has 0 aromatic carbocycles. The lowest BCUT2D eigenvalue weighted by Crippen LogP contribution is -2.71. The Kier molecular flexibility index (Phi) is 7.64. The molecule has 0 saturated carbocycles. The maximum Gasteiger partial charge on any atom is 0.367 e. The van der Waals surface area contributed by atoms with Crippen LogP contribution in [0.1, 0.15) is 5.82 Å². The fourth-order valence-corrected chi connectivity index (χ4v) is 6.75. The molecule has 21 heteroatoms. The zero-order chi connectivity index (χ0) is 29.4. The van der Waals surface area contributed by atoms with E-state index in [0.717, 1.165) is 37.4 Å². The zero-order valence-corrected chi connectivity index (χ0v) is 23.1. The van der Waals surface area contributed by atoms with E-state index in [0.29, 0.717) is 10.6 Å². The summed E-state index contributed by atoms with van der Waals surface area (Å²) >= 11 is 3.23. The van der Waals surface area contributed by atoms with E-state index in [1.165, 1.54) is 24.9 Å². The normalized spacial score (nSPS) is 18.7. The third kappa shape index (κ3) is 5.32. The number of fused-ring (bicyclic) bond motifs is 2. The van der Waals surface area contributed by atoms with Crippen molar-refractivity contribution in [2.75, 3.05) is 24.3 Å². The molecule has 18 nitrogen and oxygen atoms in total. The molecular weight excluding hydrogens is 604 g/mol. The Morgan fingerprint density at radius 3 is 2.71 bits per heavy atom. The SMILES string of the molecule is CON=C(C(=O)NC1C(=O)N2C(C(=O)O)=C(CSc3ccc4nn(CC(=O)O)c(=O)n4n3)CS[C@H]12)c1nsc(N)n1. The van der Waals surface area contributed by atoms with E-state index >= 15 is 0 Å². The number of nitrogens with zero attached hydrogens (tertiary/aromatic N) is 8. The predicted molar refractivity (Wildman–Crippen MR) is 143 cm³/mol. The van der Waals surface area contributed by atoms with Crippen molar-refractivity contribution in [3.8, 4) is 0 Å². The summed E-state index contributed by atoms with van der Waals surface area (Å²) in [5, 5.41) is 32.9.